The van der Waals surface area contributed by atoms with Crippen molar-refractivity contribution in [2.75, 3.05) is 26.1 Å². The first kappa shape index (κ1) is 27.3. The fourth-order valence-corrected chi connectivity index (χ4v) is 6.24. The number of anilines is 1. The zero-order valence-corrected chi connectivity index (χ0v) is 22.7. The smallest absolute Gasteiger partial charge is 0.247 e. The minimum absolute atomic E-state index is 0.00261. The summed E-state index contributed by atoms with van der Waals surface area (Å²) in [6, 6.07) is 30.9. The highest BCUT2D eigenvalue weighted by atomic mass is 32.2. The van der Waals surface area contributed by atoms with Crippen LogP contribution in [0.2, 0.25) is 0 Å². The molecule has 0 aliphatic carbocycles. The van der Waals surface area contributed by atoms with Gasteiger partial charge in [-0.05, 0) is 42.0 Å². The monoisotopic (exact) mass is 548 g/mol. The number of para-hydroxylation sites is 1. The molecule has 0 heterocycles. The lowest BCUT2D eigenvalue weighted by molar-refractivity contribution is -0.116. The van der Waals surface area contributed by atoms with Gasteiger partial charge in [-0.1, -0.05) is 72.4 Å². The lowest BCUT2D eigenvalue weighted by atomic mass is 10.2. The Balaban J connectivity index is 1.63. The quantitative estimate of drug-likeness (QED) is 0.259. The van der Waals surface area contributed by atoms with Gasteiger partial charge in [-0.3, -0.25) is 4.79 Å². The zero-order valence-electron chi connectivity index (χ0n) is 21.0. The molecule has 0 unspecified atom stereocenters. The summed E-state index contributed by atoms with van der Waals surface area (Å²) in [5, 5.41) is 2.90. The van der Waals surface area contributed by atoms with E-state index in [9.17, 15) is 13.2 Å². The molecule has 196 valence electrons. The van der Waals surface area contributed by atoms with Crippen LogP contribution in [-0.2, 0) is 21.4 Å². The van der Waals surface area contributed by atoms with Crippen LogP contribution in [0.4, 0.5) is 5.69 Å². The van der Waals surface area contributed by atoms with Crippen molar-refractivity contribution in [3.05, 3.63) is 109 Å². The van der Waals surface area contributed by atoms with Gasteiger partial charge < -0.3 is 14.8 Å². The van der Waals surface area contributed by atoms with Gasteiger partial charge in [0.15, 0.2) is 0 Å². The summed E-state index contributed by atoms with van der Waals surface area (Å²) in [4.78, 5) is 15.1. The maximum Gasteiger partial charge on any atom is 0.247 e. The van der Waals surface area contributed by atoms with Crippen molar-refractivity contribution < 1.29 is 22.7 Å². The third-order valence-corrected chi connectivity index (χ3v) is 8.54. The van der Waals surface area contributed by atoms with Crippen LogP contribution >= 0.6 is 11.8 Å². The number of hydrogen-bond donors (Lipinski definition) is 1. The number of nitrogens with one attached hydrogen (secondary N) is 1. The van der Waals surface area contributed by atoms with Crippen LogP contribution in [0.1, 0.15) is 5.56 Å². The lowest BCUT2D eigenvalue weighted by Gasteiger charge is -2.23. The van der Waals surface area contributed by atoms with Crippen LogP contribution in [0.15, 0.2) is 118 Å². The molecule has 0 aliphatic rings. The van der Waals surface area contributed by atoms with Crippen molar-refractivity contribution in [1.29, 1.82) is 0 Å². The maximum absolute atomic E-state index is 13.9. The summed E-state index contributed by atoms with van der Waals surface area (Å²) in [6.07, 6.45) is 0. The van der Waals surface area contributed by atoms with E-state index in [2.05, 4.69) is 5.32 Å². The fraction of sp³-hybridized carbons (Fsp3) is 0.138. The molecule has 0 saturated heterocycles. The van der Waals surface area contributed by atoms with Crippen LogP contribution in [-0.4, -0.2) is 39.4 Å². The first-order valence-corrected chi connectivity index (χ1v) is 14.0. The van der Waals surface area contributed by atoms with Crippen molar-refractivity contribution in [2.24, 2.45) is 0 Å². The molecule has 0 saturated carbocycles. The maximum atomic E-state index is 13.9. The molecular formula is C29H28N2O5S2. The molecule has 0 spiro atoms. The Hall–Kier alpha value is -3.79. The number of benzene rings is 4. The van der Waals surface area contributed by atoms with Crippen molar-refractivity contribution in [3.8, 4) is 11.5 Å². The molecule has 7 nitrogen and oxygen atoms in total. The third-order valence-electron chi connectivity index (χ3n) is 5.64. The van der Waals surface area contributed by atoms with E-state index >= 15 is 0 Å². The Morgan fingerprint density at radius 3 is 2.18 bits per heavy atom. The molecular weight excluding hydrogens is 520 g/mol. The number of methoxy groups -OCH3 is 2. The molecule has 38 heavy (non-hydrogen) atoms. The van der Waals surface area contributed by atoms with Crippen molar-refractivity contribution in [2.45, 2.75) is 21.2 Å². The van der Waals surface area contributed by atoms with Crippen molar-refractivity contribution in [3.63, 3.8) is 0 Å². The van der Waals surface area contributed by atoms with Gasteiger partial charge in [0.25, 0.3) is 0 Å². The minimum Gasteiger partial charge on any atom is -0.497 e. The Bertz CT molecular complexity index is 1480. The van der Waals surface area contributed by atoms with Gasteiger partial charge in [0.1, 0.15) is 16.4 Å². The van der Waals surface area contributed by atoms with Gasteiger partial charge in [-0.15, -0.1) is 0 Å². The first-order valence-electron chi connectivity index (χ1n) is 11.8. The van der Waals surface area contributed by atoms with Crippen molar-refractivity contribution in [1.82, 2.24) is 4.31 Å². The van der Waals surface area contributed by atoms with Crippen LogP contribution < -0.4 is 14.8 Å². The predicted octanol–water partition coefficient (Wildman–Crippen LogP) is 5.68. The Morgan fingerprint density at radius 2 is 1.50 bits per heavy atom. The summed E-state index contributed by atoms with van der Waals surface area (Å²) in [5.74, 6) is 0.0571. The number of ether oxygens (including phenoxy) is 2. The summed E-state index contributed by atoms with van der Waals surface area (Å²) in [7, 11) is -1.30. The molecule has 0 bridgehead atoms. The molecule has 0 fully saturated rings. The van der Waals surface area contributed by atoms with E-state index in [0.29, 0.717) is 11.4 Å². The molecule has 1 amide bonds. The third kappa shape index (κ3) is 6.74. The molecule has 0 radical (unpaired) electrons. The SMILES string of the molecule is COc1ccc(OC)c(S(=O)(=O)N(CC(=O)Nc2ccccc2Sc2ccccc2)Cc2ccccc2)c1. The normalized spacial score (nSPS) is 11.2. The van der Waals surface area contributed by atoms with Crippen LogP contribution in [0, 0.1) is 0 Å². The van der Waals surface area contributed by atoms with Crippen LogP contribution in [0.3, 0.4) is 0 Å². The predicted molar refractivity (Wildman–Crippen MR) is 149 cm³/mol. The van der Waals surface area contributed by atoms with Gasteiger partial charge in [-0.25, -0.2) is 8.42 Å². The van der Waals surface area contributed by atoms with E-state index in [1.165, 1.54) is 38.1 Å². The van der Waals surface area contributed by atoms with Gasteiger partial charge in [0, 0.05) is 22.4 Å². The van der Waals surface area contributed by atoms with E-state index < -0.39 is 22.5 Å². The second kappa shape index (κ2) is 12.6. The largest absolute Gasteiger partial charge is 0.497 e. The highest BCUT2D eigenvalue weighted by molar-refractivity contribution is 7.99. The molecule has 0 aliphatic heterocycles. The summed E-state index contributed by atoms with van der Waals surface area (Å²) in [6.45, 7) is -0.403. The number of nitrogens with zero attached hydrogens (tertiary/aromatic N) is 1. The van der Waals surface area contributed by atoms with Crippen LogP contribution in [0.5, 0.6) is 11.5 Å². The molecule has 9 heteroatoms. The van der Waals surface area contributed by atoms with Gasteiger partial charge in [0.05, 0.1) is 26.5 Å². The first-order chi connectivity index (χ1) is 18.4. The minimum atomic E-state index is -4.16. The van der Waals surface area contributed by atoms with Crippen molar-refractivity contribution >= 4 is 33.4 Å². The van der Waals surface area contributed by atoms with Gasteiger partial charge in [0.2, 0.25) is 15.9 Å². The van der Waals surface area contributed by atoms with E-state index in [1.54, 1.807) is 12.1 Å². The Kier molecular flexibility index (Phi) is 9.06. The molecule has 0 atom stereocenters. The van der Waals surface area contributed by atoms with E-state index in [-0.39, 0.29) is 17.2 Å². The number of amides is 1. The van der Waals surface area contributed by atoms with Gasteiger partial charge >= 0.3 is 0 Å². The highest BCUT2D eigenvalue weighted by Crippen LogP contribution is 2.34. The molecule has 0 aromatic heterocycles. The van der Waals surface area contributed by atoms with E-state index in [0.717, 1.165) is 19.7 Å². The fourth-order valence-electron chi connectivity index (χ4n) is 3.76. The molecule has 1 N–H and O–H groups in total. The number of carbonyl (C=O) groups excluding carboxylic acids is 1. The zero-order chi connectivity index (χ0) is 27.0. The standard InChI is InChI=1S/C29H28N2O5S2/c1-35-23-17-18-26(36-2)28(19-23)38(33,34)31(20-22-11-5-3-6-12-22)21-29(32)30-25-15-9-10-16-27(25)37-24-13-7-4-8-14-24/h3-19H,20-21H2,1-2H3,(H,30,32). The Labute approximate surface area is 227 Å². The van der Waals surface area contributed by atoms with Crippen LogP contribution in [0.25, 0.3) is 0 Å². The highest BCUT2D eigenvalue weighted by Gasteiger charge is 2.30. The Morgan fingerprint density at radius 1 is 0.842 bits per heavy atom. The lowest BCUT2D eigenvalue weighted by Crippen LogP contribution is -2.37. The average molecular weight is 549 g/mol. The summed E-state index contributed by atoms with van der Waals surface area (Å²) >= 11 is 1.51. The second-order valence-electron chi connectivity index (χ2n) is 8.23. The average Bonchev–Trinajstić information content (AvgIpc) is 2.94. The molecule has 4 rings (SSSR count). The molecule has 4 aromatic rings. The van der Waals surface area contributed by atoms with Gasteiger partial charge in [-0.2, -0.15) is 4.31 Å². The number of hydrogen-bond acceptors (Lipinski definition) is 6. The summed E-state index contributed by atoms with van der Waals surface area (Å²) < 4.78 is 39.5. The second-order valence-corrected chi connectivity index (χ2v) is 11.3. The number of rotatable bonds is 11. The molecule has 4 aromatic carbocycles. The van der Waals surface area contributed by atoms with E-state index in [4.69, 9.17) is 9.47 Å². The number of carbonyl (C=O) groups is 1. The summed E-state index contributed by atoms with van der Waals surface area (Å²) in [5.41, 5.74) is 1.34. The number of sulfonamides is 1. The topological polar surface area (TPSA) is 84.9 Å². The van der Waals surface area contributed by atoms with E-state index in [1.807, 2.05) is 78.9 Å².